The molecule has 3 aliphatic rings. The molecule has 0 radical (unpaired) electrons. The first-order chi connectivity index (χ1) is 13.1. The maximum absolute atomic E-state index is 13.4. The number of ether oxygens (including phenoxy) is 1. The maximum Gasteiger partial charge on any atom is 0.239 e. The van der Waals surface area contributed by atoms with Crippen molar-refractivity contribution in [1.82, 2.24) is 0 Å². The minimum absolute atomic E-state index is 0.0212. The minimum atomic E-state index is -3.42. The van der Waals surface area contributed by atoms with Crippen LogP contribution in [0.3, 0.4) is 0 Å². The molecule has 0 N–H and O–H groups in total. The van der Waals surface area contributed by atoms with Gasteiger partial charge in [-0.3, -0.25) is 4.31 Å². The summed E-state index contributed by atoms with van der Waals surface area (Å²) in [4.78, 5) is 0. The highest BCUT2D eigenvalue weighted by Gasteiger charge is 2.47. The fourth-order valence-corrected chi connectivity index (χ4v) is 6.77. The Morgan fingerprint density at radius 1 is 1.04 bits per heavy atom. The number of hydrogen-bond acceptors (Lipinski definition) is 3. The normalized spacial score (nSPS) is 20.7. The Morgan fingerprint density at radius 3 is 2.70 bits per heavy atom. The number of hydrogen-bond donors (Lipinski definition) is 0. The Hall–Kier alpha value is -1.85. The third-order valence-electron chi connectivity index (χ3n) is 6.48. The zero-order chi connectivity index (χ0) is 18.5. The molecule has 5 rings (SSSR count). The van der Waals surface area contributed by atoms with Gasteiger partial charge in [0.2, 0.25) is 10.0 Å². The zero-order valence-electron chi connectivity index (χ0n) is 15.5. The third kappa shape index (κ3) is 2.88. The van der Waals surface area contributed by atoms with Crippen LogP contribution in [-0.4, -0.2) is 21.6 Å². The van der Waals surface area contributed by atoms with Crippen LogP contribution in [0.4, 0.5) is 5.69 Å². The van der Waals surface area contributed by atoms with Gasteiger partial charge < -0.3 is 4.74 Å². The van der Waals surface area contributed by atoms with Crippen LogP contribution in [-0.2, 0) is 39.0 Å². The Bertz CT molecular complexity index is 977. The fraction of sp³-hybridized carbons (Fsp3) is 0.455. The summed E-state index contributed by atoms with van der Waals surface area (Å²) in [5.74, 6) is 0.0463. The number of rotatable bonds is 3. The molecule has 4 nitrogen and oxygen atoms in total. The largest absolute Gasteiger partial charge is 0.376 e. The number of benzene rings is 2. The molecule has 0 bridgehead atoms. The molecule has 2 aromatic rings. The van der Waals surface area contributed by atoms with Crippen molar-refractivity contribution in [3.05, 3.63) is 64.7 Å². The van der Waals surface area contributed by atoms with E-state index in [1.54, 1.807) is 4.31 Å². The predicted octanol–water partition coefficient (Wildman–Crippen LogP) is 3.92. The summed E-state index contributed by atoms with van der Waals surface area (Å²) in [6.07, 6.45) is 5.46. The molecule has 2 aromatic carbocycles. The SMILES string of the molecule is O=S(=O)(Cc1ccc2c(c1)COCC2)N1CC2(CCCC2)c2ccccc21. The summed E-state index contributed by atoms with van der Waals surface area (Å²) < 4.78 is 34.0. The van der Waals surface area contributed by atoms with Crippen molar-refractivity contribution in [2.75, 3.05) is 17.5 Å². The van der Waals surface area contributed by atoms with Gasteiger partial charge in [0, 0.05) is 12.0 Å². The summed E-state index contributed by atoms with van der Waals surface area (Å²) in [6, 6.07) is 14.1. The van der Waals surface area contributed by atoms with Gasteiger partial charge in [-0.25, -0.2) is 8.42 Å². The van der Waals surface area contributed by atoms with Crippen molar-refractivity contribution < 1.29 is 13.2 Å². The molecule has 5 heteroatoms. The van der Waals surface area contributed by atoms with Gasteiger partial charge in [0.05, 0.1) is 24.7 Å². The molecule has 0 atom stereocenters. The summed E-state index contributed by atoms with van der Waals surface area (Å²) in [5, 5.41) is 0. The summed E-state index contributed by atoms with van der Waals surface area (Å²) >= 11 is 0. The first-order valence-electron chi connectivity index (χ1n) is 9.86. The lowest BCUT2D eigenvalue weighted by molar-refractivity contribution is 0.110. The van der Waals surface area contributed by atoms with Crippen LogP contribution < -0.4 is 4.31 Å². The lowest BCUT2D eigenvalue weighted by Crippen LogP contribution is -2.36. The number of fused-ring (bicyclic) bond motifs is 3. The highest BCUT2D eigenvalue weighted by molar-refractivity contribution is 7.92. The first kappa shape index (κ1) is 17.3. The Labute approximate surface area is 161 Å². The van der Waals surface area contributed by atoms with E-state index < -0.39 is 10.0 Å². The van der Waals surface area contributed by atoms with Crippen LogP contribution in [0.1, 0.15) is 47.9 Å². The molecule has 0 amide bonds. The lowest BCUT2D eigenvalue weighted by Gasteiger charge is -2.25. The van der Waals surface area contributed by atoms with Crippen molar-refractivity contribution >= 4 is 15.7 Å². The van der Waals surface area contributed by atoms with Crippen molar-refractivity contribution in [3.63, 3.8) is 0 Å². The van der Waals surface area contributed by atoms with E-state index in [1.807, 2.05) is 30.3 Å². The molecule has 27 heavy (non-hydrogen) atoms. The molecule has 1 spiro atoms. The molecule has 2 heterocycles. The summed E-state index contributed by atoms with van der Waals surface area (Å²) in [5.41, 5.74) is 5.39. The summed E-state index contributed by atoms with van der Waals surface area (Å²) in [7, 11) is -3.42. The highest BCUT2D eigenvalue weighted by atomic mass is 32.2. The second kappa shape index (κ2) is 6.35. The van der Waals surface area contributed by atoms with E-state index >= 15 is 0 Å². The molecule has 1 aliphatic carbocycles. The Balaban J connectivity index is 1.47. The minimum Gasteiger partial charge on any atom is -0.376 e. The molecule has 0 unspecified atom stereocenters. The van der Waals surface area contributed by atoms with E-state index in [-0.39, 0.29) is 11.2 Å². The van der Waals surface area contributed by atoms with E-state index in [1.165, 1.54) is 24.0 Å². The topological polar surface area (TPSA) is 46.6 Å². The average molecular weight is 384 g/mol. The van der Waals surface area contributed by atoms with Gasteiger partial charge in [-0.2, -0.15) is 0 Å². The quantitative estimate of drug-likeness (QED) is 0.807. The Morgan fingerprint density at radius 2 is 1.85 bits per heavy atom. The van der Waals surface area contributed by atoms with Gasteiger partial charge in [0.1, 0.15) is 0 Å². The van der Waals surface area contributed by atoms with Gasteiger partial charge in [0.15, 0.2) is 0 Å². The van der Waals surface area contributed by atoms with Crippen molar-refractivity contribution in [1.29, 1.82) is 0 Å². The fourth-order valence-electron chi connectivity index (χ4n) is 5.11. The molecule has 1 fully saturated rings. The van der Waals surface area contributed by atoms with E-state index in [0.29, 0.717) is 13.2 Å². The monoisotopic (exact) mass is 383 g/mol. The Kier molecular flexibility index (Phi) is 4.06. The second-order valence-electron chi connectivity index (χ2n) is 8.17. The zero-order valence-corrected chi connectivity index (χ0v) is 16.3. The van der Waals surface area contributed by atoms with Gasteiger partial charge in [-0.05, 0) is 47.6 Å². The maximum atomic E-state index is 13.4. The van der Waals surface area contributed by atoms with Gasteiger partial charge in [0.25, 0.3) is 0 Å². The highest BCUT2D eigenvalue weighted by Crippen LogP contribution is 2.51. The molecule has 0 aromatic heterocycles. The third-order valence-corrected chi connectivity index (χ3v) is 8.18. The van der Waals surface area contributed by atoms with E-state index in [4.69, 9.17) is 4.74 Å². The molecule has 142 valence electrons. The molecule has 2 aliphatic heterocycles. The molecular weight excluding hydrogens is 358 g/mol. The van der Waals surface area contributed by atoms with Crippen molar-refractivity contribution in [2.45, 2.75) is 49.9 Å². The van der Waals surface area contributed by atoms with Crippen molar-refractivity contribution in [3.8, 4) is 0 Å². The van der Waals surface area contributed by atoms with Gasteiger partial charge in [-0.15, -0.1) is 0 Å². The second-order valence-corrected chi connectivity index (χ2v) is 10.1. The number of para-hydroxylation sites is 1. The van der Waals surface area contributed by atoms with Crippen LogP contribution >= 0.6 is 0 Å². The van der Waals surface area contributed by atoms with E-state index in [9.17, 15) is 8.42 Å². The van der Waals surface area contributed by atoms with Crippen molar-refractivity contribution in [2.24, 2.45) is 0 Å². The number of anilines is 1. The van der Waals surface area contributed by atoms with Crippen LogP contribution in [0, 0.1) is 0 Å². The smallest absolute Gasteiger partial charge is 0.239 e. The van der Waals surface area contributed by atoms with E-state index in [0.717, 1.165) is 42.7 Å². The number of nitrogens with zero attached hydrogens (tertiary/aromatic N) is 1. The van der Waals surface area contributed by atoms with Gasteiger partial charge in [-0.1, -0.05) is 49.2 Å². The number of sulfonamides is 1. The first-order valence-corrected chi connectivity index (χ1v) is 11.5. The average Bonchev–Trinajstić information content (AvgIpc) is 3.28. The summed E-state index contributed by atoms with van der Waals surface area (Å²) in [6.45, 7) is 1.93. The van der Waals surface area contributed by atoms with Crippen LogP contribution in [0.25, 0.3) is 0 Å². The van der Waals surface area contributed by atoms with Crippen LogP contribution in [0.2, 0.25) is 0 Å². The standard InChI is InChI=1S/C22H25NO3S/c24-27(25,15-17-7-8-18-9-12-26-14-19(18)13-17)23-16-22(10-3-4-11-22)20-5-1-2-6-21(20)23/h1-2,5-8,13H,3-4,9-12,14-16H2. The van der Waals surface area contributed by atoms with Crippen LogP contribution in [0.5, 0.6) is 0 Å². The van der Waals surface area contributed by atoms with Crippen LogP contribution in [0.15, 0.2) is 42.5 Å². The lowest BCUT2D eigenvalue weighted by atomic mass is 9.81. The van der Waals surface area contributed by atoms with Gasteiger partial charge >= 0.3 is 0 Å². The molecule has 0 saturated heterocycles. The van der Waals surface area contributed by atoms with E-state index in [2.05, 4.69) is 12.1 Å². The molecule has 1 saturated carbocycles. The molecular formula is C22H25NO3S. The predicted molar refractivity (Wildman–Crippen MR) is 106 cm³/mol.